The van der Waals surface area contributed by atoms with Gasteiger partial charge in [-0.3, -0.25) is 9.59 Å². The summed E-state index contributed by atoms with van der Waals surface area (Å²) in [6.07, 6.45) is -8.78. The summed E-state index contributed by atoms with van der Waals surface area (Å²) in [5, 5.41) is 58.2. The van der Waals surface area contributed by atoms with Crippen LogP contribution in [0.1, 0.15) is 71.2 Å². The van der Waals surface area contributed by atoms with Gasteiger partial charge in [0.2, 0.25) is 0 Å². The summed E-state index contributed by atoms with van der Waals surface area (Å²) in [5.74, 6) is -4.05. The number of Topliss-reactive ketones (excluding diaryl/α,β-unsaturated/α-hetero) is 1. The molecule has 10 heteroatoms. The average molecular weight is 561 g/mol. The minimum absolute atomic E-state index is 0.0621. The van der Waals surface area contributed by atoms with E-state index in [0.717, 1.165) is 6.92 Å². The van der Waals surface area contributed by atoms with Gasteiger partial charge >= 0.3 is 11.9 Å². The number of hydrogen-bond donors (Lipinski definition) is 5. The van der Waals surface area contributed by atoms with Gasteiger partial charge in [0.05, 0.1) is 35.2 Å². The van der Waals surface area contributed by atoms with Crippen molar-refractivity contribution in [3.8, 4) is 0 Å². The largest absolute Gasteiger partial charge is 0.456 e. The molecule has 40 heavy (non-hydrogen) atoms. The molecular weight excluding hydrogens is 520 g/mol. The third-order valence-corrected chi connectivity index (χ3v) is 10.0. The predicted octanol–water partition coefficient (Wildman–Crippen LogP) is 1.45. The molecule has 0 saturated heterocycles. The van der Waals surface area contributed by atoms with Crippen LogP contribution in [0.2, 0.25) is 0 Å². The van der Waals surface area contributed by atoms with E-state index in [2.05, 4.69) is 0 Å². The van der Waals surface area contributed by atoms with Crippen LogP contribution in [-0.2, 0) is 19.1 Å². The van der Waals surface area contributed by atoms with E-state index in [9.17, 15) is 39.9 Å². The molecule has 0 aliphatic heterocycles. The van der Waals surface area contributed by atoms with Crippen LogP contribution in [0.4, 0.5) is 0 Å². The minimum Gasteiger partial charge on any atom is -0.456 e. The zero-order chi connectivity index (χ0) is 30.0. The van der Waals surface area contributed by atoms with Crippen LogP contribution >= 0.6 is 0 Å². The molecule has 2 fully saturated rings. The van der Waals surface area contributed by atoms with Crippen molar-refractivity contribution in [3.05, 3.63) is 47.0 Å². The van der Waals surface area contributed by atoms with Crippen molar-refractivity contribution in [3.63, 3.8) is 0 Å². The highest BCUT2D eigenvalue weighted by Crippen LogP contribution is 2.62. The molecule has 1 aromatic rings. The molecule has 1 aromatic carbocycles. The Kier molecular flexibility index (Phi) is 7.60. The molecule has 9 atom stereocenters. The normalized spacial score (nSPS) is 40.9. The van der Waals surface area contributed by atoms with Gasteiger partial charge in [0, 0.05) is 25.2 Å². The smallest absolute Gasteiger partial charge is 0.338 e. The van der Waals surface area contributed by atoms with E-state index in [1.54, 1.807) is 45.9 Å². The lowest BCUT2D eigenvalue weighted by atomic mass is 9.45. The summed E-state index contributed by atoms with van der Waals surface area (Å²) in [6, 6.07) is 7.95. The van der Waals surface area contributed by atoms with Gasteiger partial charge in [-0.15, -0.1) is 0 Å². The van der Waals surface area contributed by atoms with Crippen LogP contribution in [0, 0.1) is 16.7 Å². The fourth-order valence-corrected chi connectivity index (χ4v) is 7.66. The molecule has 0 amide bonds. The van der Waals surface area contributed by atoms with Gasteiger partial charge in [-0.2, -0.15) is 0 Å². The van der Waals surface area contributed by atoms with Gasteiger partial charge in [-0.05, 0) is 43.5 Å². The summed E-state index contributed by atoms with van der Waals surface area (Å²) in [5.41, 5.74) is -7.02. The summed E-state index contributed by atoms with van der Waals surface area (Å²) in [6.45, 7) is 8.83. The van der Waals surface area contributed by atoms with Crippen molar-refractivity contribution in [2.75, 3.05) is 0 Å². The third-order valence-electron chi connectivity index (χ3n) is 10.0. The fourth-order valence-electron chi connectivity index (χ4n) is 7.66. The van der Waals surface area contributed by atoms with Gasteiger partial charge in [-0.25, -0.2) is 4.79 Å². The number of hydrogen-bond acceptors (Lipinski definition) is 10. The fraction of sp³-hybridized carbons (Fsp3) is 0.633. The molecule has 2 saturated carbocycles. The van der Waals surface area contributed by atoms with Crippen molar-refractivity contribution in [2.24, 2.45) is 16.7 Å². The predicted molar refractivity (Wildman–Crippen MR) is 142 cm³/mol. The van der Waals surface area contributed by atoms with Crippen molar-refractivity contribution < 1.29 is 49.4 Å². The maximum absolute atomic E-state index is 14.3. The van der Waals surface area contributed by atoms with Crippen molar-refractivity contribution in [2.45, 2.75) is 103 Å². The second-order valence-corrected chi connectivity index (χ2v) is 12.3. The van der Waals surface area contributed by atoms with E-state index in [0.29, 0.717) is 0 Å². The maximum atomic E-state index is 14.3. The maximum Gasteiger partial charge on any atom is 0.338 e. The van der Waals surface area contributed by atoms with Gasteiger partial charge in [0.1, 0.15) is 23.4 Å². The highest BCUT2D eigenvalue weighted by Gasteiger charge is 2.74. The molecule has 2 bridgehead atoms. The van der Waals surface area contributed by atoms with Crippen LogP contribution in [0.15, 0.2) is 41.5 Å². The molecular formula is C30H40O10. The molecule has 0 heterocycles. The van der Waals surface area contributed by atoms with Crippen LogP contribution in [0.25, 0.3) is 0 Å². The highest BCUT2D eigenvalue weighted by atomic mass is 16.6. The monoisotopic (exact) mass is 560 g/mol. The highest BCUT2D eigenvalue weighted by molar-refractivity contribution is 5.94. The minimum atomic E-state index is -2.16. The van der Waals surface area contributed by atoms with Crippen LogP contribution < -0.4 is 0 Å². The number of aliphatic hydroxyl groups is 5. The van der Waals surface area contributed by atoms with Crippen LogP contribution in [0.5, 0.6) is 0 Å². The number of rotatable bonds is 4. The summed E-state index contributed by atoms with van der Waals surface area (Å²) < 4.78 is 11.9. The Morgan fingerprint density at radius 2 is 1.62 bits per heavy atom. The number of benzene rings is 1. The first kappa shape index (κ1) is 30.3. The van der Waals surface area contributed by atoms with E-state index in [1.165, 1.54) is 19.1 Å². The number of esters is 2. The zero-order valence-corrected chi connectivity index (χ0v) is 23.7. The second kappa shape index (κ2) is 10.0. The first-order valence-electron chi connectivity index (χ1n) is 13.7. The SMILES string of the molecule is CC[C@@]1(OC(C)=O)C2[C@H](OC(=O)c3ccccc3)[C@]3(O)C[C@H](O)C(C)=C([C@@H](O)C(=O)[C@]2(C)[C@@H](O)C[C@H]1O)C3(C)C. The van der Waals surface area contributed by atoms with E-state index < -0.39 is 76.2 Å². The molecule has 3 aliphatic rings. The lowest BCUT2D eigenvalue weighted by Gasteiger charge is -2.64. The molecule has 5 N–H and O–H groups in total. The molecule has 0 aromatic heterocycles. The quantitative estimate of drug-likeness (QED) is 0.268. The van der Waals surface area contributed by atoms with Gasteiger partial charge < -0.3 is 35.0 Å². The Hall–Kier alpha value is -2.63. The molecule has 0 radical (unpaired) electrons. The van der Waals surface area contributed by atoms with Gasteiger partial charge in [0.15, 0.2) is 5.78 Å². The number of aliphatic hydroxyl groups excluding tert-OH is 4. The Bertz CT molecular complexity index is 1220. The van der Waals surface area contributed by atoms with Crippen molar-refractivity contribution >= 4 is 17.7 Å². The molecule has 3 aliphatic carbocycles. The number of ether oxygens (including phenoxy) is 2. The lowest BCUT2D eigenvalue weighted by Crippen LogP contribution is -2.77. The Labute approximate surface area is 233 Å². The number of carbonyl (C=O) groups excluding carboxylic acids is 3. The molecule has 220 valence electrons. The molecule has 0 spiro atoms. The average Bonchev–Trinajstić information content (AvgIpc) is 2.89. The first-order valence-corrected chi connectivity index (χ1v) is 13.7. The number of ketones is 1. The number of carbonyl (C=O) groups is 3. The number of fused-ring (bicyclic) bond motifs is 3. The van der Waals surface area contributed by atoms with Gasteiger partial charge in [-0.1, -0.05) is 39.0 Å². The second-order valence-electron chi connectivity index (χ2n) is 12.3. The van der Waals surface area contributed by atoms with E-state index in [1.807, 2.05) is 0 Å². The molecule has 1 unspecified atom stereocenters. The van der Waals surface area contributed by atoms with Crippen molar-refractivity contribution in [1.82, 2.24) is 0 Å². The van der Waals surface area contributed by atoms with E-state index >= 15 is 0 Å². The molecule has 4 rings (SSSR count). The Balaban J connectivity index is 2.11. The third kappa shape index (κ3) is 4.07. The van der Waals surface area contributed by atoms with Crippen LogP contribution in [-0.4, -0.2) is 85.0 Å². The first-order chi connectivity index (χ1) is 18.5. The molecule has 10 nitrogen and oxygen atoms in total. The summed E-state index contributed by atoms with van der Waals surface area (Å²) in [7, 11) is 0. The van der Waals surface area contributed by atoms with Crippen molar-refractivity contribution in [1.29, 1.82) is 0 Å². The van der Waals surface area contributed by atoms with Crippen LogP contribution in [0.3, 0.4) is 0 Å². The van der Waals surface area contributed by atoms with Gasteiger partial charge in [0.25, 0.3) is 0 Å². The topological polar surface area (TPSA) is 171 Å². The Morgan fingerprint density at radius 3 is 2.17 bits per heavy atom. The summed E-state index contributed by atoms with van der Waals surface area (Å²) in [4.78, 5) is 40.4. The lowest BCUT2D eigenvalue weighted by molar-refractivity contribution is -0.284. The Morgan fingerprint density at radius 1 is 1.02 bits per heavy atom. The van der Waals surface area contributed by atoms with E-state index in [-0.39, 0.29) is 36.0 Å². The van der Waals surface area contributed by atoms with E-state index in [4.69, 9.17) is 9.47 Å². The zero-order valence-electron chi connectivity index (χ0n) is 23.7. The summed E-state index contributed by atoms with van der Waals surface area (Å²) >= 11 is 0. The standard InChI is InChI=1S/C30H40O10/c1-7-29(40-16(3)31)20(34)13-19(33)28(6)23(29)25(39-26(37)17-11-9-8-10-12-17)30(38)14-18(32)15(2)21(27(30,4)5)22(35)24(28)36/h8-12,18-20,22-23,25,32-35,38H,7,13-14H2,1-6H3/t18-,19-,20+,22+,23?,25-,28+,29-,30+/m0/s1.